The van der Waals surface area contributed by atoms with E-state index in [1.54, 1.807) is 20.4 Å². The lowest BCUT2D eigenvalue weighted by Crippen LogP contribution is -2.44. The number of amides is 1. The van der Waals surface area contributed by atoms with Crippen molar-refractivity contribution < 1.29 is 14.3 Å². The number of likely N-dealkylation sites (tertiary alicyclic amines) is 1. The van der Waals surface area contributed by atoms with Gasteiger partial charge in [0.1, 0.15) is 0 Å². The molecule has 6 nitrogen and oxygen atoms in total. The van der Waals surface area contributed by atoms with E-state index < -0.39 is 0 Å². The number of methoxy groups -OCH3 is 2. The number of hydrogen-bond donors (Lipinski definition) is 0. The average Bonchev–Trinajstić information content (AvgIpc) is 3.25. The first-order chi connectivity index (χ1) is 13.7. The lowest BCUT2D eigenvalue weighted by molar-refractivity contribution is -0.135. The van der Waals surface area contributed by atoms with Crippen LogP contribution >= 0.6 is 0 Å². The molecule has 6 heteroatoms. The Morgan fingerprint density at radius 3 is 2.82 bits per heavy atom. The zero-order valence-electron chi connectivity index (χ0n) is 17.0. The number of hydrogen-bond acceptors (Lipinski definition) is 4. The summed E-state index contributed by atoms with van der Waals surface area (Å²) in [6.45, 7) is 1.68. The third-order valence-corrected chi connectivity index (χ3v) is 5.50. The summed E-state index contributed by atoms with van der Waals surface area (Å²) in [4.78, 5) is 14.9. The molecule has 0 saturated carbocycles. The van der Waals surface area contributed by atoms with Crippen molar-refractivity contribution in [1.82, 2.24) is 14.7 Å². The average molecular weight is 386 g/mol. The number of carbonyl (C=O) groups excluding carboxylic acids is 1. The highest BCUT2D eigenvalue weighted by molar-refractivity contribution is 5.76. The molecule has 2 heterocycles. The largest absolute Gasteiger partial charge is 0.493 e. The van der Waals surface area contributed by atoms with Crippen LogP contribution in [0.3, 0.4) is 0 Å². The Labute approximate surface area is 167 Å². The summed E-state index contributed by atoms with van der Waals surface area (Å²) >= 11 is 0. The number of ether oxygens (including phenoxy) is 2. The van der Waals surface area contributed by atoms with Gasteiger partial charge in [0.05, 0.1) is 14.2 Å². The lowest BCUT2D eigenvalue weighted by atomic mass is 9.95. The summed E-state index contributed by atoms with van der Waals surface area (Å²) < 4.78 is 12.6. The van der Waals surface area contributed by atoms with Crippen molar-refractivity contribution in [1.29, 1.82) is 0 Å². The Morgan fingerprint density at radius 1 is 1.21 bits per heavy atom. The first kappa shape index (κ1) is 20.2. The Hall–Kier alpha value is -2.50. The van der Waals surface area contributed by atoms with Crippen molar-refractivity contribution >= 4 is 5.91 Å². The van der Waals surface area contributed by atoms with Gasteiger partial charge in [0.2, 0.25) is 5.91 Å². The molecule has 0 spiro atoms. The van der Waals surface area contributed by atoms with Gasteiger partial charge in [0, 0.05) is 37.9 Å². The number of aromatic nitrogens is 2. The van der Waals surface area contributed by atoms with E-state index in [9.17, 15) is 4.79 Å². The van der Waals surface area contributed by atoms with E-state index in [1.807, 2.05) is 29.1 Å². The molecule has 1 aromatic heterocycles. The summed E-state index contributed by atoms with van der Waals surface area (Å²) in [5, 5.41) is 4.20. The third-order valence-electron chi connectivity index (χ3n) is 5.50. The summed E-state index contributed by atoms with van der Waals surface area (Å²) in [7, 11) is 3.31. The van der Waals surface area contributed by atoms with E-state index in [4.69, 9.17) is 9.47 Å². The molecular weight excluding hydrogens is 354 g/mol. The maximum absolute atomic E-state index is 12.8. The van der Waals surface area contributed by atoms with Gasteiger partial charge in [-0.15, -0.1) is 0 Å². The second-order valence-corrected chi connectivity index (χ2v) is 7.34. The molecule has 152 valence electrons. The van der Waals surface area contributed by atoms with Crippen LogP contribution in [0.2, 0.25) is 0 Å². The fourth-order valence-corrected chi connectivity index (χ4v) is 3.97. The highest BCUT2D eigenvalue weighted by Gasteiger charge is 2.26. The Bertz CT molecular complexity index is 745. The van der Waals surface area contributed by atoms with E-state index in [0.29, 0.717) is 12.5 Å². The molecule has 28 heavy (non-hydrogen) atoms. The molecule has 0 radical (unpaired) electrons. The summed E-state index contributed by atoms with van der Waals surface area (Å²) in [5.41, 5.74) is 1.22. The molecule has 1 aliphatic rings. The molecular formula is C22H31N3O3. The van der Waals surface area contributed by atoms with Gasteiger partial charge in [0.15, 0.2) is 11.5 Å². The molecule has 0 aliphatic carbocycles. The van der Waals surface area contributed by atoms with Crippen LogP contribution in [0.4, 0.5) is 0 Å². The van der Waals surface area contributed by atoms with Crippen LogP contribution < -0.4 is 9.47 Å². The minimum absolute atomic E-state index is 0.282. The molecule has 1 aliphatic heterocycles. The van der Waals surface area contributed by atoms with E-state index in [-0.39, 0.29) is 5.91 Å². The highest BCUT2D eigenvalue weighted by atomic mass is 16.5. The van der Waals surface area contributed by atoms with Gasteiger partial charge >= 0.3 is 0 Å². The van der Waals surface area contributed by atoms with Crippen molar-refractivity contribution in [3.05, 3.63) is 42.2 Å². The summed E-state index contributed by atoms with van der Waals surface area (Å²) in [5.74, 6) is 1.79. The third kappa shape index (κ3) is 5.27. The number of piperidine rings is 1. The molecule has 1 saturated heterocycles. The molecule has 1 atom stereocenters. The van der Waals surface area contributed by atoms with Gasteiger partial charge in [-0.2, -0.15) is 5.10 Å². The topological polar surface area (TPSA) is 56.6 Å². The number of aryl methyl sites for hydroxylation is 2. The van der Waals surface area contributed by atoms with E-state index >= 15 is 0 Å². The monoisotopic (exact) mass is 385 g/mol. The minimum Gasteiger partial charge on any atom is -0.493 e. The van der Waals surface area contributed by atoms with Crippen LogP contribution in [0.15, 0.2) is 36.7 Å². The SMILES string of the molecule is COc1ccc(CCC2CCCCN2C(=O)CCCn2cccn2)cc1OC. The predicted octanol–water partition coefficient (Wildman–Crippen LogP) is 3.69. The fourth-order valence-electron chi connectivity index (χ4n) is 3.97. The molecule has 1 aromatic carbocycles. The maximum atomic E-state index is 12.8. The van der Waals surface area contributed by atoms with E-state index in [1.165, 1.54) is 12.0 Å². The summed E-state index contributed by atoms with van der Waals surface area (Å²) in [6, 6.07) is 8.32. The summed E-state index contributed by atoms with van der Waals surface area (Å²) in [6.07, 6.45) is 10.5. The predicted molar refractivity (Wildman–Crippen MR) is 109 cm³/mol. The number of rotatable bonds is 9. The Kier molecular flexibility index (Phi) is 7.34. The molecule has 1 fully saturated rings. The highest BCUT2D eigenvalue weighted by Crippen LogP contribution is 2.29. The lowest BCUT2D eigenvalue weighted by Gasteiger charge is -2.36. The second-order valence-electron chi connectivity index (χ2n) is 7.34. The van der Waals surface area contributed by atoms with Gasteiger partial charge < -0.3 is 14.4 Å². The zero-order valence-corrected chi connectivity index (χ0v) is 17.0. The standard InChI is InChI=1S/C22H31N3O3/c1-27-20-12-10-18(17-21(20)28-2)9-11-19-7-3-4-16-25(19)22(26)8-5-14-24-15-6-13-23-24/h6,10,12-13,15,17,19H,3-5,7-9,11,14,16H2,1-2H3. The first-order valence-corrected chi connectivity index (χ1v) is 10.2. The van der Waals surface area contributed by atoms with E-state index in [2.05, 4.69) is 16.1 Å². The smallest absolute Gasteiger partial charge is 0.222 e. The van der Waals surface area contributed by atoms with Crippen LogP contribution in [-0.2, 0) is 17.8 Å². The van der Waals surface area contributed by atoms with Crippen LogP contribution in [0.25, 0.3) is 0 Å². The van der Waals surface area contributed by atoms with Crippen LogP contribution in [0.1, 0.15) is 44.1 Å². The van der Waals surface area contributed by atoms with Gasteiger partial charge in [0.25, 0.3) is 0 Å². The number of benzene rings is 1. The van der Waals surface area contributed by atoms with Gasteiger partial charge in [-0.05, 0) is 62.3 Å². The molecule has 0 bridgehead atoms. The quantitative estimate of drug-likeness (QED) is 0.660. The zero-order chi connectivity index (χ0) is 19.8. The van der Waals surface area contributed by atoms with Crippen LogP contribution in [-0.4, -0.2) is 47.4 Å². The molecule has 1 amide bonds. The van der Waals surface area contributed by atoms with Gasteiger partial charge in [-0.1, -0.05) is 6.07 Å². The van der Waals surface area contributed by atoms with Crippen molar-refractivity contribution in [2.75, 3.05) is 20.8 Å². The van der Waals surface area contributed by atoms with Crippen LogP contribution in [0.5, 0.6) is 11.5 Å². The molecule has 3 rings (SSSR count). The second kappa shape index (κ2) is 10.2. The van der Waals surface area contributed by atoms with Crippen molar-refractivity contribution in [3.63, 3.8) is 0 Å². The van der Waals surface area contributed by atoms with Crippen molar-refractivity contribution in [2.45, 2.75) is 57.5 Å². The number of carbonyl (C=O) groups is 1. The molecule has 2 aromatic rings. The Morgan fingerprint density at radius 2 is 2.07 bits per heavy atom. The number of nitrogens with zero attached hydrogens (tertiary/aromatic N) is 3. The van der Waals surface area contributed by atoms with Gasteiger partial charge in [-0.25, -0.2) is 0 Å². The molecule has 0 N–H and O–H groups in total. The normalized spacial score (nSPS) is 16.8. The first-order valence-electron chi connectivity index (χ1n) is 10.2. The Balaban J connectivity index is 1.53. The molecule has 1 unspecified atom stereocenters. The van der Waals surface area contributed by atoms with Crippen molar-refractivity contribution in [2.24, 2.45) is 0 Å². The van der Waals surface area contributed by atoms with E-state index in [0.717, 1.165) is 56.7 Å². The van der Waals surface area contributed by atoms with Crippen LogP contribution in [0, 0.1) is 0 Å². The maximum Gasteiger partial charge on any atom is 0.222 e. The fraction of sp³-hybridized carbons (Fsp3) is 0.545. The van der Waals surface area contributed by atoms with Gasteiger partial charge in [-0.3, -0.25) is 9.48 Å². The minimum atomic E-state index is 0.282. The van der Waals surface area contributed by atoms with Crippen molar-refractivity contribution in [3.8, 4) is 11.5 Å².